The maximum atomic E-state index is 2.21. The third kappa shape index (κ3) is 7.38. The van der Waals surface area contributed by atoms with Crippen molar-refractivity contribution in [3.8, 4) is 0 Å². The zero-order chi connectivity index (χ0) is 2.83. The second-order valence-electron chi connectivity index (χ2n) is 0.770. The van der Waals surface area contributed by atoms with E-state index in [2.05, 4.69) is 17.4 Å². The van der Waals surface area contributed by atoms with Gasteiger partial charge in [0.2, 0.25) is 0 Å². The fraction of sp³-hybridized carbons (Fsp3) is 0. The molecule has 34 valence electrons. The molecule has 0 aromatic rings. The predicted octanol–water partition coefficient (Wildman–Crippen LogP) is -1.39. The number of allylic oxidation sites excluding steroid dienone is 1. The number of hydrogen-bond donors (Lipinski definition) is 0. The minimum atomic E-state index is 0. The Morgan fingerprint density at radius 2 is 1.43 bits per heavy atom. The molecule has 0 aromatic carbocycles. The summed E-state index contributed by atoms with van der Waals surface area (Å²) in [6, 6.07) is 0. The molecule has 10 radical (unpaired) electrons. The van der Waals surface area contributed by atoms with E-state index in [-0.39, 0.29) is 52.2 Å². The molecule has 0 saturated heterocycles. The summed E-state index contributed by atoms with van der Waals surface area (Å²) in [5.41, 5.74) is 4.42. The summed E-state index contributed by atoms with van der Waals surface area (Å²) < 4.78 is 0. The van der Waals surface area contributed by atoms with Crippen LogP contribution in [0, 0.1) is 0 Å². The van der Waals surface area contributed by atoms with Gasteiger partial charge in [-0.1, -0.05) is 17.4 Å². The second kappa shape index (κ2) is 10.4. The molecule has 1 aliphatic rings. The van der Waals surface area contributed by atoms with E-state index in [1.54, 1.807) is 0 Å². The molecule has 0 N–H and O–H groups in total. The number of rotatable bonds is 0. The van der Waals surface area contributed by atoms with Gasteiger partial charge in [0.15, 0.2) is 0 Å². The van der Waals surface area contributed by atoms with Crippen molar-refractivity contribution in [3.63, 3.8) is 0 Å². The van der Waals surface area contributed by atoms with Crippen molar-refractivity contribution in [1.82, 2.24) is 0 Å². The Bertz CT molecular complexity index is 53.3. The van der Waals surface area contributed by atoms with E-state index in [0.29, 0.717) is 9.13 Å². The van der Waals surface area contributed by atoms with Gasteiger partial charge in [-0.2, -0.15) is 0 Å². The first-order valence-corrected chi connectivity index (χ1v) is 2.67. The van der Waals surface area contributed by atoms with E-state index in [1.807, 2.05) is 0 Å². The summed E-state index contributed by atoms with van der Waals surface area (Å²) in [4.78, 5) is 0. The van der Waals surface area contributed by atoms with Crippen molar-refractivity contribution < 1.29 is 0 Å². The van der Waals surface area contributed by atoms with Crippen LogP contribution in [0.1, 0.15) is 0 Å². The molecule has 7 heavy (non-hydrogen) atoms. The van der Waals surface area contributed by atoms with Crippen molar-refractivity contribution in [2.45, 2.75) is 0 Å². The zero-order valence-corrected chi connectivity index (χ0v) is 10.3. The minimum absolute atomic E-state index is 0. The first-order chi connectivity index (χ1) is 2.00. The van der Waals surface area contributed by atoms with Gasteiger partial charge in [0.05, 0.1) is 0 Å². The molecule has 1 aliphatic heterocycles. The summed E-state index contributed by atoms with van der Waals surface area (Å²) >= 11 is 0. The monoisotopic (exact) mass is 300 g/mol. The van der Waals surface area contributed by atoms with Crippen LogP contribution >= 0.6 is 0 Å². The maximum absolute atomic E-state index is 2.21. The molecule has 0 bridgehead atoms. The van der Waals surface area contributed by atoms with Crippen molar-refractivity contribution in [3.05, 3.63) is 11.8 Å². The van der Waals surface area contributed by atoms with Crippen LogP contribution in [0.4, 0.5) is 0 Å². The van der Waals surface area contributed by atoms with E-state index in [4.69, 9.17) is 0 Å². The van der Waals surface area contributed by atoms with Crippen molar-refractivity contribution in [1.29, 1.82) is 0 Å². The molecule has 0 aliphatic carbocycles. The first kappa shape index (κ1) is 15.8. The van der Waals surface area contributed by atoms with Gasteiger partial charge in [-0.3, -0.25) is 0 Å². The standard InChI is InChI=1S/C3H4Si.Ge.Si.Te/c1-2-4-3-1;;;/h1-4H;;;. The van der Waals surface area contributed by atoms with E-state index in [0.717, 1.165) is 0 Å². The van der Waals surface area contributed by atoms with Gasteiger partial charge in [-0.15, -0.1) is 0 Å². The summed E-state index contributed by atoms with van der Waals surface area (Å²) in [5.74, 6) is 0. The number of hydrogen-bond acceptors (Lipinski definition) is 0. The molecular weight excluding hydrogens is 292 g/mol. The van der Waals surface area contributed by atoms with E-state index in [1.165, 1.54) is 0 Å². The molecule has 0 amide bonds. The Balaban J connectivity index is -0.0000000533. The van der Waals surface area contributed by atoms with Gasteiger partial charge < -0.3 is 0 Å². The van der Waals surface area contributed by atoms with Crippen LogP contribution in [-0.2, 0) is 0 Å². The summed E-state index contributed by atoms with van der Waals surface area (Å²) in [7, 11) is 0.657. The van der Waals surface area contributed by atoms with Gasteiger partial charge >= 0.3 is 0 Å². The third-order valence-corrected chi connectivity index (χ3v) is 1.33. The third-order valence-electron chi connectivity index (χ3n) is 0.444. The van der Waals surface area contributed by atoms with Gasteiger partial charge in [-0.05, 0) is 0 Å². The van der Waals surface area contributed by atoms with Crippen LogP contribution in [0.3, 0.4) is 0 Å². The fourth-order valence-corrected chi connectivity index (χ4v) is 0.333. The minimum Gasteiger partial charge on any atom is -0.0809 e. The van der Waals surface area contributed by atoms with E-state index in [9.17, 15) is 0 Å². The fourth-order valence-electron chi connectivity index (χ4n) is 0.111. The first-order valence-electron chi connectivity index (χ1n) is 1.33. The van der Waals surface area contributed by atoms with E-state index < -0.39 is 0 Å². The molecule has 4 heteroatoms. The molecule has 0 atom stereocenters. The van der Waals surface area contributed by atoms with Gasteiger partial charge in [-0.25, -0.2) is 0 Å². The topological polar surface area (TPSA) is 0 Å². The van der Waals surface area contributed by atoms with Crippen molar-refractivity contribution >= 4 is 67.0 Å². The van der Waals surface area contributed by atoms with Crippen LogP contribution in [0.15, 0.2) is 11.8 Å². The quantitative estimate of drug-likeness (QED) is 0.483. The molecule has 0 fully saturated rings. The van der Waals surface area contributed by atoms with Crippen LogP contribution in [0.2, 0.25) is 0 Å². The maximum Gasteiger partial charge on any atom is 0.0197 e. The molecule has 0 nitrogen and oxygen atoms in total. The molecule has 0 unspecified atom stereocenters. The van der Waals surface area contributed by atoms with Crippen molar-refractivity contribution in [2.24, 2.45) is 0 Å². The normalized spacial score (nSPS) is 9.14. The largest absolute Gasteiger partial charge is 0.0809 e. The molecule has 0 aromatic heterocycles. The van der Waals surface area contributed by atoms with Gasteiger partial charge in [0.1, 0.15) is 0 Å². The van der Waals surface area contributed by atoms with Crippen LogP contribution in [0.5, 0.6) is 0 Å². The molecule has 0 spiro atoms. The molecule has 1 rings (SSSR count). The van der Waals surface area contributed by atoms with Gasteiger partial charge in [0, 0.05) is 61.4 Å². The Morgan fingerprint density at radius 3 is 1.43 bits per heavy atom. The summed E-state index contributed by atoms with van der Waals surface area (Å²) in [5, 5.41) is 0. The Hall–Kier alpha value is 1.38. The van der Waals surface area contributed by atoms with Gasteiger partial charge in [0.25, 0.3) is 0 Å². The Labute approximate surface area is 78.3 Å². The summed E-state index contributed by atoms with van der Waals surface area (Å²) in [6.07, 6.45) is 2.09. The average Bonchev–Trinajstić information content (AvgIpc) is 0.722. The summed E-state index contributed by atoms with van der Waals surface area (Å²) in [6.45, 7) is 0. The molecule has 1 heterocycles. The van der Waals surface area contributed by atoms with Crippen LogP contribution < -0.4 is 0 Å². The molecular formula is C3H4GeSi2Te. The molecule has 0 saturated carbocycles. The SMILES string of the molecule is C1=C[SiH]=C1.[Ge].[Si].[Te]. The van der Waals surface area contributed by atoms with Crippen LogP contribution in [-0.4, -0.2) is 67.0 Å². The average molecular weight is 296 g/mol. The zero-order valence-electron chi connectivity index (χ0n) is 3.72. The Morgan fingerprint density at radius 1 is 1.29 bits per heavy atom. The second-order valence-corrected chi connectivity index (χ2v) is 1.92. The van der Waals surface area contributed by atoms with E-state index >= 15 is 0 Å². The van der Waals surface area contributed by atoms with Crippen LogP contribution in [0.25, 0.3) is 0 Å². The Kier molecular flexibility index (Phi) is 23.4. The smallest absolute Gasteiger partial charge is 0.0197 e. The predicted molar refractivity (Wildman–Crippen MR) is 39.6 cm³/mol. The van der Waals surface area contributed by atoms with Crippen molar-refractivity contribution in [2.75, 3.05) is 0 Å².